The maximum atomic E-state index is 9.77. The number of allylic oxidation sites excluding steroid dienone is 2. The Morgan fingerprint density at radius 3 is 1.63 bits per heavy atom. The van der Waals surface area contributed by atoms with Crippen molar-refractivity contribution in [3.05, 3.63) is 129 Å². The average Bonchev–Trinajstić information content (AvgIpc) is 3.65. The molecule has 0 fully saturated rings. The molecule has 2 heterocycles. The summed E-state index contributed by atoms with van der Waals surface area (Å²) in [4.78, 5) is 4.23. The molecule has 1 aliphatic rings. The fourth-order valence-corrected chi connectivity index (χ4v) is 5.83. The van der Waals surface area contributed by atoms with Crippen LogP contribution in [0.4, 0.5) is 17.1 Å². The minimum Gasteiger partial charge on any atom is -0.497 e. The van der Waals surface area contributed by atoms with E-state index in [1.165, 1.54) is 0 Å². The lowest BCUT2D eigenvalue weighted by atomic mass is 9.94. The Kier molecular flexibility index (Phi) is 9.39. The standard InChI is InChI=1S/C38H30N4O3S/c1-38(2)36(35(25-41)37(45-38)27(23-39)24-40)22-21-34-20-19-33(46-34)18-7-26-5-8-28(9-6-26)42(29-10-14-31(43-3)15-11-29)30-12-16-32(44-4)17-13-30/h5-22H,1-4H3/b18-7+,22-21+. The van der Waals surface area contributed by atoms with Crippen molar-refractivity contribution < 1.29 is 14.2 Å². The van der Waals surface area contributed by atoms with Gasteiger partial charge in [0.05, 0.1) is 14.2 Å². The summed E-state index contributed by atoms with van der Waals surface area (Å²) in [5, 5.41) is 28.3. The van der Waals surface area contributed by atoms with Crippen LogP contribution in [-0.4, -0.2) is 19.8 Å². The SMILES string of the molecule is COc1ccc(N(c2ccc(/C=C/c3ccc(/C=C/C4=C(C#N)C(=C(C#N)C#N)OC4(C)C)s3)cc2)c2ccc(OC)cc2)cc1. The Balaban J connectivity index is 1.35. The van der Waals surface area contributed by atoms with Crippen molar-refractivity contribution in [3.8, 4) is 29.7 Å². The van der Waals surface area contributed by atoms with Crippen molar-refractivity contribution in [2.45, 2.75) is 19.4 Å². The van der Waals surface area contributed by atoms with Gasteiger partial charge in [0.2, 0.25) is 0 Å². The minimum atomic E-state index is -0.849. The monoisotopic (exact) mass is 622 g/mol. The van der Waals surface area contributed by atoms with E-state index in [1.54, 1.807) is 25.6 Å². The topological polar surface area (TPSA) is 102 Å². The van der Waals surface area contributed by atoms with Gasteiger partial charge < -0.3 is 19.1 Å². The van der Waals surface area contributed by atoms with E-state index < -0.39 is 5.60 Å². The highest BCUT2D eigenvalue weighted by atomic mass is 32.1. The molecule has 0 radical (unpaired) electrons. The van der Waals surface area contributed by atoms with Gasteiger partial charge >= 0.3 is 0 Å². The second-order valence-electron chi connectivity index (χ2n) is 10.7. The third-order valence-electron chi connectivity index (χ3n) is 7.38. The Hall–Kier alpha value is -6.01. The quantitative estimate of drug-likeness (QED) is 0.171. The van der Waals surface area contributed by atoms with Crippen LogP contribution in [0.1, 0.15) is 29.2 Å². The summed E-state index contributed by atoms with van der Waals surface area (Å²) >= 11 is 1.60. The first-order valence-corrected chi connectivity index (χ1v) is 15.1. The highest BCUT2D eigenvalue weighted by molar-refractivity contribution is 7.13. The molecule has 0 amide bonds. The molecule has 226 valence electrons. The molecule has 0 spiro atoms. The number of thiophene rings is 1. The summed E-state index contributed by atoms with van der Waals surface area (Å²) in [5.74, 6) is 1.62. The van der Waals surface area contributed by atoms with Crippen LogP contribution in [0.3, 0.4) is 0 Å². The molecule has 1 aliphatic heterocycles. The zero-order chi connectivity index (χ0) is 32.7. The van der Waals surface area contributed by atoms with Crippen LogP contribution in [-0.2, 0) is 4.74 Å². The number of nitriles is 3. The molecule has 7 nitrogen and oxygen atoms in total. The van der Waals surface area contributed by atoms with Crippen molar-refractivity contribution >= 4 is 46.6 Å². The number of hydrogen-bond donors (Lipinski definition) is 0. The van der Waals surface area contributed by atoms with Crippen LogP contribution in [0.2, 0.25) is 0 Å². The van der Waals surface area contributed by atoms with Crippen LogP contribution >= 0.6 is 11.3 Å². The molecule has 0 N–H and O–H groups in total. The lowest BCUT2D eigenvalue weighted by molar-refractivity contribution is 0.0954. The molecule has 0 atom stereocenters. The molecule has 3 aromatic carbocycles. The second-order valence-corrected chi connectivity index (χ2v) is 11.8. The maximum Gasteiger partial charge on any atom is 0.172 e. The van der Waals surface area contributed by atoms with Gasteiger partial charge in [-0.05, 0) is 104 Å². The predicted molar refractivity (Wildman–Crippen MR) is 183 cm³/mol. The number of ether oxygens (including phenoxy) is 3. The molecular weight excluding hydrogens is 593 g/mol. The van der Waals surface area contributed by atoms with Crippen molar-refractivity contribution in [1.82, 2.24) is 0 Å². The number of benzene rings is 3. The first kappa shape index (κ1) is 31.4. The van der Waals surface area contributed by atoms with Crippen molar-refractivity contribution in [1.29, 1.82) is 15.8 Å². The molecular formula is C38H30N4O3S. The molecule has 8 heteroatoms. The van der Waals surface area contributed by atoms with E-state index in [0.29, 0.717) is 5.57 Å². The molecule has 1 aromatic heterocycles. The Morgan fingerprint density at radius 2 is 1.17 bits per heavy atom. The fourth-order valence-electron chi connectivity index (χ4n) is 5.02. The summed E-state index contributed by atoms with van der Waals surface area (Å²) < 4.78 is 16.6. The van der Waals surface area contributed by atoms with Crippen LogP contribution in [0.15, 0.2) is 113 Å². The molecule has 0 saturated heterocycles. The van der Waals surface area contributed by atoms with E-state index in [2.05, 4.69) is 47.4 Å². The average molecular weight is 623 g/mol. The van der Waals surface area contributed by atoms with Crippen LogP contribution < -0.4 is 14.4 Å². The summed E-state index contributed by atoms with van der Waals surface area (Å²) in [6, 6.07) is 34.1. The highest BCUT2D eigenvalue weighted by Gasteiger charge is 2.38. The van der Waals surface area contributed by atoms with E-state index in [-0.39, 0.29) is 16.9 Å². The largest absolute Gasteiger partial charge is 0.497 e. The predicted octanol–water partition coefficient (Wildman–Crippen LogP) is 9.35. The molecule has 4 aromatic rings. The molecule has 0 aliphatic carbocycles. The van der Waals surface area contributed by atoms with Gasteiger partial charge in [0.15, 0.2) is 11.3 Å². The van der Waals surface area contributed by atoms with Crippen molar-refractivity contribution in [3.63, 3.8) is 0 Å². The van der Waals surface area contributed by atoms with Crippen molar-refractivity contribution in [2.24, 2.45) is 0 Å². The highest BCUT2D eigenvalue weighted by Crippen LogP contribution is 2.41. The van der Waals surface area contributed by atoms with Gasteiger partial charge in [0.25, 0.3) is 0 Å². The molecule has 5 rings (SSSR count). The Bertz CT molecular complexity index is 1910. The number of rotatable bonds is 9. The van der Waals surface area contributed by atoms with Crippen LogP contribution in [0.5, 0.6) is 11.5 Å². The number of anilines is 3. The third-order valence-corrected chi connectivity index (χ3v) is 8.39. The lowest BCUT2D eigenvalue weighted by Gasteiger charge is -2.26. The van der Waals surface area contributed by atoms with E-state index in [0.717, 1.165) is 43.9 Å². The molecule has 46 heavy (non-hydrogen) atoms. The van der Waals surface area contributed by atoms with Gasteiger partial charge in [-0.2, -0.15) is 15.8 Å². The van der Waals surface area contributed by atoms with Gasteiger partial charge in [-0.3, -0.25) is 0 Å². The molecule has 0 bridgehead atoms. The zero-order valence-corrected chi connectivity index (χ0v) is 26.6. The van der Waals surface area contributed by atoms with Gasteiger partial charge in [-0.25, -0.2) is 0 Å². The zero-order valence-electron chi connectivity index (χ0n) is 25.8. The fraction of sp³-hybridized carbons (Fsp3) is 0.132. The van der Waals surface area contributed by atoms with Crippen molar-refractivity contribution in [2.75, 3.05) is 19.1 Å². The minimum absolute atomic E-state index is 0.0362. The smallest absolute Gasteiger partial charge is 0.172 e. The maximum absolute atomic E-state index is 9.77. The summed E-state index contributed by atoms with van der Waals surface area (Å²) in [7, 11) is 3.31. The van der Waals surface area contributed by atoms with Gasteiger partial charge in [0, 0.05) is 32.4 Å². The van der Waals surface area contributed by atoms with Gasteiger partial charge in [0.1, 0.15) is 40.9 Å². The first-order valence-electron chi connectivity index (χ1n) is 14.3. The van der Waals surface area contributed by atoms with Gasteiger partial charge in [-0.1, -0.05) is 24.3 Å². The number of hydrogen-bond acceptors (Lipinski definition) is 8. The lowest BCUT2D eigenvalue weighted by Crippen LogP contribution is -2.20. The second kappa shape index (κ2) is 13.7. The molecule has 0 unspecified atom stereocenters. The first-order chi connectivity index (χ1) is 22.3. The summed E-state index contributed by atoms with van der Waals surface area (Å²) in [5.41, 5.74) is 3.83. The third kappa shape index (κ3) is 6.71. The van der Waals surface area contributed by atoms with Gasteiger partial charge in [-0.15, -0.1) is 11.3 Å². The summed E-state index contributed by atoms with van der Waals surface area (Å²) in [6.07, 6.45) is 7.88. The Labute approximate surface area is 273 Å². The number of methoxy groups -OCH3 is 2. The Morgan fingerprint density at radius 1 is 0.696 bits per heavy atom. The number of nitrogens with zero attached hydrogens (tertiary/aromatic N) is 4. The van der Waals surface area contributed by atoms with E-state index >= 15 is 0 Å². The van der Waals surface area contributed by atoms with Crippen LogP contribution in [0, 0.1) is 34.0 Å². The van der Waals surface area contributed by atoms with E-state index in [9.17, 15) is 15.8 Å². The van der Waals surface area contributed by atoms with E-state index in [4.69, 9.17) is 14.2 Å². The molecule has 0 saturated carbocycles. The normalized spacial score (nSPS) is 13.6. The van der Waals surface area contributed by atoms with Crippen LogP contribution in [0.25, 0.3) is 18.2 Å². The van der Waals surface area contributed by atoms with E-state index in [1.807, 2.05) is 98.8 Å². The summed E-state index contributed by atoms with van der Waals surface area (Å²) in [6.45, 7) is 3.62.